The van der Waals surface area contributed by atoms with E-state index >= 15 is 0 Å². The van der Waals surface area contributed by atoms with Crippen molar-refractivity contribution in [1.82, 2.24) is 19.6 Å². The number of nitrogens with one attached hydrogen (secondary N) is 1. The van der Waals surface area contributed by atoms with Crippen LogP contribution < -0.4 is 5.32 Å². The lowest BCUT2D eigenvalue weighted by Crippen LogP contribution is -2.19. The van der Waals surface area contributed by atoms with Gasteiger partial charge in [-0.1, -0.05) is 42.5 Å². The zero-order valence-electron chi connectivity index (χ0n) is 14.7. The van der Waals surface area contributed by atoms with Crippen molar-refractivity contribution < 1.29 is 9.72 Å². The van der Waals surface area contributed by atoms with Crippen LogP contribution in [0.4, 0.5) is 11.6 Å². The number of benzene rings is 2. The van der Waals surface area contributed by atoms with Gasteiger partial charge in [0.15, 0.2) is 5.82 Å². The van der Waals surface area contributed by atoms with Gasteiger partial charge in [0.05, 0.1) is 23.9 Å². The molecule has 1 amide bonds. The number of fused-ring (bicyclic) bond motifs is 1. The molecule has 4 rings (SSSR count). The molecule has 4 aromatic rings. The minimum absolute atomic E-state index is 0.135. The second-order valence-electron chi connectivity index (χ2n) is 6.21. The topological polar surface area (TPSA) is 108 Å². The van der Waals surface area contributed by atoms with Crippen LogP contribution in [0.1, 0.15) is 5.56 Å². The SMILES string of the molecule is O=C(Cn1ccc([N+](=O)[O-])n1)Nc1ccn(Cc2cccc3ccccc23)n1. The number of rotatable bonds is 6. The van der Waals surface area contributed by atoms with E-state index in [2.05, 4.69) is 33.7 Å². The zero-order valence-corrected chi connectivity index (χ0v) is 14.7. The third-order valence-corrected chi connectivity index (χ3v) is 4.24. The van der Waals surface area contributed by atoms with Crippen molar-refractivity contribution >= 4 is 28.3 Å². The molecule has 0 saturated carbocycles. The summed E-state index contributed by atoms with van der Waals surface area (Å²) in [6, 6.07) is 17.2. The quantitative estimate of drug-likeness (QED) is 0.411. The molecule has 0 aliphatic carbocycles. The first-order valence-corrected chi connectivity index (χ1v) is 8.56. The average molecular weight is 376 g/mol. The summed E-state index contributed by atoms with van der Waals surface area (Å²) in [5, 5.41) is 23.7. The Balaban J connectivity index is 1.42. The molecule has 0 spiro atoms. The number of amides is 1. The highest BCUT2D eigenvalue weighted by Crippen LogP contribution is 2.19. The summed E-state index contributed by atoms with van der Waals surface area (Å²) < 4.78 is 2.96. The van der Waals surface area contributed by atoms with Gasteiger partial charge in [-0.25, -0.2) is 0 Å². The molecule has 0 bridgehead atoms. The number of carbonyl (C=O) groups excluding carboxylic acids is 1. The normalized spacial score (nSPS) is 10.9. The van der Waals surface area contributed by atoms with Crippen LogP contribution in [-0.2, 0) is 17.9 Å². The van der Waals surface area contributed by atoms with E-state index in [9.17, 15) is 14.9 Å². The number of carbonyl (C=O) groups is 1. The molecule has 9 heteroatoms. The predicted octanol–water partition coefficient (Wildman–Crippen LogP) is 2.83. The molecule has 2 aromatic heterocycles. The summed E-state index contributed by atoms with van der Waals surface area (Å²) >= 11 is 0. The van der Waals surface area contributed by atoms with Crippen LogP contribution in [0.3, 0.4) is 0 Å². The van der Waals surface area contributed by atoms with Crippen molar-refractivity contribution in [2.75, 3.05) is 5.32 Å². The second-order valence-corrected chi connectivity index (χ2v) is 6.21. The zero-order chi connectivity index (χ0) is 19.5. The molecule has 0 atom stereocenters. The fraction of sp³-hybridized carbons (Fsp3) is 0.105. The monoisotopic (exact) mass is 376 g/mol. The molecule has 0 aliphatic rings. The van der Waals surface area contributed by atoms with Gasteiger partial charge < -0.3 is 15.4 Å². The molecule has 140 valence electrons. The van der Waals surface area contributed by atoms with Gasteiger partial charge in [0, 0.05) is 12.3 Å². The van der Waals surface area contributed by atoms with Gasteiger partial charge in [-0.2, -0.15) is 9.78 Å². The highest BCUT2D eigenvalue weighted by atomic mass is 16.6. The molecular weight excluding hydrogens is 360 g/mol. The van der Waals surface area contributed by atoms with Crippen LogP contribution in [0.25, 0.3) is 10.8 Å². The van der Waals surface area contributed by atoms with Crippen LogP contribution in [0, 0.1) is 10.1 Å². The molecule has 0 saturated heterocycles. The highest BCUT2D eigenvalue weighted by molar-refractivity contribution is 5.89. The van der Waals surface area contributed by atoms with E-state index in [-0.39, 0.29) is 18.3 Å². The van der Waals surface area contributed by atoms with Crippen molar-refractivity contribution in [1.29, 1.82) is 0 Å². The van der Waals surface area contributed by atoms with Crippen molar-refractivity contribution in [2.45, 2.75) is 13.1 Å². The summed E-state index contributed by atoms with van der Waals surface area (Å²) in [6.07, 6.45) is 3.17. The van der Waals surface area contributed by atoms with Gasteiger partial charge in [-0.3, -0.25) is 9.48 Å². The number of anilines is 1. The number of nitro groups is 1. The Morgan fingerprint density at radius 2 is 1.79 bits per heavy atom. The maximum absolute atomic E-state index is 12.1. The summed E-state index contributed by atoms with van der Waals surface area (Å²) in [6.45, 7) is 0.437. The summed E-state index contributed by atoms with van der Waals surface area (Å²) in [5.41, 5.74) is 1.13. The van der Waals surface area contributed by atoms with Gasteiger partial charge in [0.1, 0.15) is 6.54 Å². The Kier molecular flexibility index (Phi) is 4.55. The molecule has 2 aromatic carbocycles. The number of hydrogen-bond donors (Lipinski definition) is 1. The van der Waals surface area contributed by atoms with Crippen molar-refractivity contribution in [2.24, 2.45) is 0 Å². The Morgan fingerprint density at radius 1 is 1.00 bits per heavy atom. The van der Waals surface area contributed by atoms with Gasteiger partial charge in [-0.05, 0) is 21.3 Å². The van der Waals surface area contributed by atoms with Crippen LogP contribution in [0.15, 0.2) is 67.0 Å². The average Bonchev–Trinajstić information content (AvgIpc) is 3.32. The maximum Gasteiger partial charge on any atom is 0.389 e. The first-order valence-electron chi connectivity index (χ1n) is 8.56. The summed E-state index contributed by atoms with van der Waals surface area (Å²) in [5.74, 6) is -0.257. The standard InChI is InChI=1S/C19H16N6O3/c26-19(13-24-11-9-18(22-24)25(27)28)20-17-8-10-23(21-17)12-15-6-3-5-14-4-1-2-7-16(14)15/h1-11H,12-13H2,(H,20,21,26). The molecular formula is C19H16N6O3. The molecule has 1 N–H and O–H groups in total. The minimum atomic E-state index is -0.608. The summed E-state index contributed by atoms with van der Waals surface area (Å²) in [7, 11) is 0. The van der Waals surface area contributed by atoms with Gasteiger partial charge in [0.25, 0.3) is 0 Å². The maximum atomic E-state index is 12.1. The molecule has 28 heavy (non-hydrogen) atoms. The predicted molar refractivity (Wildman–Crippen MR) is 103 cm³/mol. The van der Waals surface area contributed by atoms with E-state index in [4.69, 9.17) is 0 Å². The molecule has 0 unspecified atom stereocenters. The lowest BCUT2D eigenvalue weighted by molar-refractivity contribution is -0.389. The van der Waals surface area contributed by atoms with Crippen LogP contribution in [0.2, 0.25) is 0 Å². The van der Waals surface area contributed by atoms with E-state index in [0.717, 1.165) is 16.3 Å². The van der Waals surface area contributed by atoms with Crippen LogP contribution >= 0.6 is 0 Å². The first-order chi connectivity index (χ1) is 13.6. The van der Waals surface area contributed by atoms with Gasteiger partial charge in [-0.15, -0.1) is 0 Å². The summed E-state index contributed by atoms with van der Waals surface area (Å²) in [4.78, 5) is 22.1. The fourth-order valence-corrected chi connectivity index (χ4v) is 2.99. The lowest BCUT2D eigenvalue weighted by Gasteiger charge is -2.07. The molecule has 0 aliphatic heterocycles. The Labute approximate surface area is 159 Å². The van der Waals surface area contributed by atoms with Gasteiger partial charge >= 0.3 is 5.82 Å². The van der Waals surface area contributed by atoms with E-state index in [0.29, 0.717) is 12.4 Å². The van der Waals surface area contributed by atoms with E-state index < -0.39 is 4.92 Å². The van der Waals surface area contributed by atoms with Crippen molar-refractivity contribution in [3.05, 3.63) is 82.7 Å². The molecule has 2 heterocycles. The van der Waals surface area contributed by atoms with Crippen LogP contribution in [-0.4, -0.2) is 30.4 Å². The van der Waals surface area contributed by atoms with E-state index in [1.165, 1.54) is 16.9 Å². The molecule has 0 fully saturated rings. The Bertz CT molecular complexity index is 1160. The Morgan fingerprint density at radius 3 is 2.61 bits per heavy atom. The third kappa shape index (κ3) is 3.73. The lowest BCUT2D eigenvalue weighted by atomic mass is 10.0. The molecule has 0 radical (unpaired) electrons. The van der Waals surface area contributed by atoms with E-state index in [1.807, 2.05) is 24.3 Å². The van der Waals surface area contributed by atoms with Gasteiger partial charge in [0.2, 0.25) is 5.91 Å². The largest absolute Gasteiger partial charge is 0.389 e. The fourth-order valence-electron chi connectivity index (χ4n) is 2.99. The number of aromatic nitrogens is 4. The Hall–Kier alpha value is -4.01. The molecule has 9 nitrogen and oxygen atoms in total. The smallest absolute Gasteiger partial charge is 0.358 e. The highest BCUT2D eigenvalue weighted by Gasteiger charge is 2.14. The van der Waals surface area contributed by atoms with Crippen molar-refractivity contribution in [3.63, 3.8) is 0 Å². The van der Waals surface area contributed by atoms with E-state index in [1.54, 1.807) is 16.9 Å². The third-order valence-electron chi connectivity index (χ3n) is 4.24. The van der Waals surface area contributed by atoms with Crippen LogP contribution in [0.5, 0.6) is 0 Å². The number of hydrogen-bond acceptors (Lipinski definition) is 5. The minimum Gasteiger partial charge on any atom is -0.358 e. The second kappa shape index (κ2) is 7.31. The first kappa shape index (κ1) is 17.4. The number of nitrogens with zero attached hydrogens (tertiary/aromatic N) is 5. The van der Waals surface area contributed by atoms with Crippen molar-refractivity contribution in [3.8, 4) is 0 Å².